The Morgan fingerprint density at radius 1 is 0.254 bits per heavy atom. The lowest BCUT2D eigenvalue weighted by Gasteiger charge is -2.22. The second-order valence-electron chi connectivity index (χ2n) is 18.3. The zero-order valence-corrected chi connectivity index (χ0v) is 38.5. The van der Waals surface area contributed by atoms with Crippen molar-refractivity contribution in [3.05, 3.63) is 255 Å². The highest BCUT2D eigenvalue weighted by Gasteiger charge is 2.26. The lowest BCUT2D eigenvalue weighted by molar-refractivity contribution is 1.08. The van der Waals surface area contributed by atoms with Crippen molar-refractivity contribution in [3.8, 4) is 73.2 Å². The molecule has 2 heterocycles. The Morgan fingerprint density at radius 3 is 1.51 bits per heavy atom. The summed E-state index contributed by atoms with van der Waals surface area (Å²) >= 11 is 0. The molecule has 0 amide bonds. The molecule has 14 aromatic rings. The summed E-state index contributed by atoms with van der Waals surface area (Å²) in [5.41, 5.74) is 12.7. The van der Waals surface area contributed by atoms with Crippen LogP contribution in [0.3, 0.4) is 0 Å². The maximum atomic E-state index is 5.52. The number of hydrogen-bond acceptors (Lipinski definition) is 3. The Labute approximate surface area is 410 Å². The van der Waals surface area contributed by atoms with E-state index in [1.54, 1.807) is 0 Å². The number of fused-ring (bicyclic) bond motifs is 8. The monoisotopic (exact) mass is 902 g/mol. The molecule has 0 aliphatic rings. The number of aromatic nitrogens is 4. The van der Waals surface area contributed by atoms with Crippen LogP contribution in [-0.2, 0) is 0 Å². The molecule has 0 fully saturated rings. The number of rotatable bonds is 7. The number of hydrogen-bond donors (Lipinski definition) is 0. The van der Waals surface area contributed by atoms with Crippen LogP contribution in [0.2, 0.25) is 0 Å². The quantitative estimate of drug-likeness (QED) is 0.160. The molecular formula is C67H42N4. The second-order valence-corrected chi connectivity index (χ2v) is 18.3. The molecule has 0 aliphatic heterocycles. The van der Waals surface area contributed by atoms with Gasteiger partial charge < -0.3 is 4.57 Å². The fraction of sp³-hybridized carbons (Fsp3) is 0. The molecule has 0 saturated heterocycles. The molecule has 12 aromatic carbocycles. The molecule has 71 heavy (non-hydrogen) atoms. The molecule has 4 nitrogen and oxygen atoms in total. The van der Waals surface area contributed by atoms with Gasteiger partial charge in [-0.3, -0.25) is 0 Å². The van der Waals surface area contributed by atoms with Crippen LogP contribution in [0, 0.1) is 0 Å². The normalized spacial score (nSPS) is 11.7. The van der Waals surface area contributed by atoms with Crippen molar-refractivity contribution >= 4 is 64.9 Å². The van der Waals surface area contributed by atoms with E-state index in [1.165, 1.54) is 37.9 Å². The van der Waals surface area contributed by atoms with E-state index in [-0.39, 0.29) is 0 Å². The highest BCUT2D eigenvalue weighted by molar-refractivity contribution is 6.23. The summed E-state index contributed by atoms with van der Waals surface area (Å²) in [4.78, 5) is 16.3. The summed E-state index contributed by atoms with van der Waals surface area (Å²) in [6, 6.07) is 91.5. The van der Waals surface area contributed by atoms with Gasteiger partial charge in [0.05, 0.1) is 16.7 Å². The zero-order chi connectivity index (χ0) is 46.8. The first-order valence-electron chi connectivity index (χ1n) is 24.2. The summed E-state index contributed by atoms with van der Waals surface area (Å²) in [5.74, 6) is 1.83. The van der Waals surface area contributed by atoms with E-state index in [1.807, 2.05) is 0 Å². The molecule has 14 rings (SSSR count). The highest BCUT2D eigenvalue weighted by atomic mass is 15.0. The Kier molecular flexibility index (Phi) is 9.49. The molecule has 2 aromatic heterocycles. The molecule has 0 N–H and O–H groups in total. The molecule has 0 spiro atoms. The molecule has 0 aliphatic carbocycles. The van der Waals surface area contributed by atoms with Gasteiger partial charge in [-0.1, -0.05) is 218 Å². The standard InChI is InChI=1S/C67H42N4/c1-3-16-43(17-4-1)45-30-33-49(34-31-45)63-59(71-60-38-36-47-20-12-14-28-55(47)64(60)58-41-51-24-9-10-25-52(51)42-61(58)71)39-37-57(62(63)48-21-5-2-6-22-48)67-69-65(53-35-32-44-18-7-8-23-50(44)40-53)68-66(70-67)56-29-15-26-46-19-11-13-27-54(46)56/h1-42H. The van der Waals surface area contributed by atoms with E-state index < -0.39 is 0 Å². The van der Waals surface area contributed by atoms with Crippen LogP contribution in [0.15, 0.2) is 255 Å². The van der Waals surface area contributed by atoms with Gasteiger partial charge in [0, 0.05) is 38.6 Å². The summed E-state index contributed by atoms with van der Waals surface area (Å²) in [6.45, 7) is 0. The minimum absolute atomic E-state index is 0.595. The van der Waals surface area contributed by atoms with Gasteiger partial charge in [-0.25, -0.2) is 15.0 Å². The predicted octanol–water partition coefficient (Wildman–Crippen LogP) is 17.6. The Hall–Kier alpha value is -9.51. The summed E-state index contributed by atoms with van der Waals surface area (Å²) in [6.07, 6.45) is 0. The third kappa shape index (κ3) is 6.88. The number of benzene rings is 12. The van der Waals surface area contributed by atoms with E-state index in [0.717, 1.165) is 82.8 Å². The molecule has 0 saturated carbocycles. The van der Waals surface area contributed by atoms with Crippen LogP contribution in [-0.4, -0.2) is 19.5 Å². The Morgan fingerprint density at radius 2 is 0.761 bits per heavy atom. The molecule has 0 bridgehead atoms. The second kappa shape index (κ2) is 16.6. The fourth-order valence-electron chi connectivity index (χ4n) is 10.8. The maximum Gasteiger partial charge on any atom is 0.164 e. The largest absolute Gasteiger partial charge is 0.309 e. The van der Waals surface area contributed by atoms with Crippen LogP contribution < -0.4 is 0 Å². The third-order valence-corrected chi connectivity index (χ3v) is 14.2. The third-order valence-electron chi connectivity index (χ3n) is 14.2. The minimum atomic E-state index is 0.595. The lowest BCUT2D eigenvalue weighted by Crippen LogP contribution is -2.04. The lowest BCUT2D eigenvalue weighted by atomic mass is 9.87. The van der Waals surface area contributed by atoms with E-state index in [2.05, 4.69) is 259 Å². The molecule has 330 valence electrons. The van der Waals surface area contributed by atoms with Crippen molar-refractivity contribution in [2.45, 2.75) is 0 Å². The van der Waals surface area contributed by atoms with Crippen LogP contribution in [0.25, 0.3) is 138 Å². The van der Waals surface area contributed by atoms with Crippen LogP contribution in [0.1, 0.15) is 0 Å². The van der Waals surface area contributed by atoms with Crippen molar-refractivity contribution in [1.29, 1.82) is 0 Å². The van der Waals surface area contributed by atoms with Crippen LogP contribution in [0.4, 0.5) is 0 Å². The van der Waals surface area contributed by atoms with Gasteiger partial charge in [0.1, 0.15) is 0 Å². The van der Waals surface area contributed by atoms with Crippen molar-refractivity contribution in [2.24, 2.45) is 0 Å². The van der Waals surface area contributed by atoms with E-state index in [9.17, 15) is 0 Å². The molecule has 0 atom stereocenters. The summed E-state index contributed by atoms with van der Waals surface area (Å²) in [5, 5.41) is 11.8. The minimum Gasteiger partial charge on any atom is -0.309 e. The van der Waals surface area contributed by atoms with E-state index in [4.69, 9.17) is 15.0 Å². The van der Waals surface area contributed by atoms with Gasteiger partial charge in [0.2, 0.25) is 0 Å². The van der Waals surface area contributed by atoms with Gasteiger partial charge in [-0.2, -0.15) is 0 Å². The molecule has 0 radical (unpaired) electrons. The van der Waals surface area contributed by atoms with Crippen LogP contribution in [0.5, 0.6) is 0 Å². The maximum absolute atomic E-state index is 5.52. The molecule has 4 heteroatoms. The SMILES string of the molecule is c1ccc(-c2ccc(-c3c(-n4c5cc6ccccc6cc5c5c6ccccc6ccc54)ccc(-c4nc(-c5ccc6ccccc6c5)nc(-c5cccc6ccccc56)n4)c3-c3ccccc3)cc2)cc1. The smallest absolute Gasteiger partial charge is 0.164 e. The molecular weight excluding hydrogens is 861 g/mol. The van der Waals surface area contributed by atoms with Crippen molar-refractivity contribution < 1.29 is 0 Å². The van der Waals surface area contributed by atoms with Gasteiger partial charge in [-0.15, -0.1) is 0 Å². The first kappa shape index (κ1) is 40.5. The first-order valence-corrected chi connectivity index (χ1v) is 24.2. The van der Waals surface area contributed by atoms with E-state index >= 15 is 0 Å². The predicted molar refractivity (Wildman–Crippen MR) is 297 cm³/mol. The Bertz CT molecular complexity index is 4380. The van der Waals surface area contributed by atoms with Crippen molar-refractivity contribution in [3.63, 3.8) is 0 Å². The van der Waals surface area contributed by atoms with Crippen LogP contribution >= 0.6 is 0 Å². The molecule has 0 unspecified atom stereocenters. The van der Waals surface area contributed by atoms with Gasteiger partial charge in [0.15, 0.2) is 17.5 Å². The first-order chi connectivity index (χ1) is 35.2. The zero-order valence-electron chi connectivity index (χ0n) is 38.5. The van der Waals surface area contributed by atoms with Crippen molar-refractivity contribution in [1.82, 2.24) is 19.5 Å². The Balaban J connectivity index is 1.11. The number of nitrogens with zero attached hydrogens (tertiary/aromatic N) is 4. The summed E-state index contributed by atoms with van der Waals surface area (Å²) < 4.78 is 2.50. The van der Waals surface area contributed by atoms with Gasteiger partial charge >= 0.3 is 0 Å². The highest BCUT2D eigenvalue weighted by Crippen LogP contribution is 2.47. The average Bonchev–Trinajstić information content (AvgIpc) is 3.77. The van der Waals surface area contributed by atoms with Gasteiger partial charge in [-0.05, 0) is 102 Å². The fourth-order valence-corrected chi connectivity index (χ4v) is 10.8. The van der Waals surface area contributed by atoms with E-state index in [0.29, 0.717) is 17.5 Å². The average molecular weight is 903 g/mol. The van der Waals surface area contributed by atoms with Gasteiger partial charge in [0.25, 0.3) is 0 Å². The summed E-state index contributed by atoms with van der Waals surface area (Å²) in [7, 11) is 0. The topological polar surface area (TPSA) is 43.6 Å². The van der Waals surface area contributed by atoms with Crippen molar-refractivity contribution in [2.75, 3.05) is 0 Å².